The Bertz CT molecular complexity index is 832. The summed E-state index contributed by atoms with van der Waals surface area (Å²) in [5.74, 6) is -0.787. The second kappa shape index (κ2) is 8.50. The van der Waals surface area contributed by atoms with E-state index in [0.717, 1.165) is 31.9 Å². The summed E-state index contributed by atoms with van der Waals surface area (Å²) in [6.45, 7) is 0. The molecule has 1 fully saturated rings. The monoisotopic (exact) mass is 401 g/mol. The quantitative estimate of drug-likeness (QED) is 0.577. The van der Waals surface area contributed by atoms with Gasteiger partial charge < -0.3 is 10.2 Å². The van der Waals surface area contributed by atoms with Gasteiger partial charge in [-0.05, 0) is 37.8 Å². The van der Waals surface area contributed by atoms with Gasteiger partial charge in [0, 0.05) is 18.9 Å². The molecule has 1 saturated carbocycles. The molecule has 26 heavy (non-hydrogen) atoms. The lowest BCUT2D eigenvalue weighted by atomic mass is 10.1. The number of carbonyl (C=O) groups is 2. The molecule has 142 valence electrons. The summed E-state index contributed by atoms with van der Waals surface area (Å²) in [6, 6.07) is 3.27. The average Bonchev–Trinajstić information content (AvgIpc) is 3.07. The van der Waals surface area contributed by atoms with E-state index in [4.69, 9.17) is 16.4 Å². The number of imide groups is 1. The summed E-state index contributed by atoms with van der Waals surface area (Å²) in [6.07, 6.45) is 4.65. The zero-order chi connectivity index (χ0) is 19.3. The standard InChI is InChI=1S/C16H20ClN3O5S/c1-18-16(22)19-15(21)14(20-25-11-5-3-4-6-11)10-7-8-13(12(17)9-10)26(2,23)24/h7-9,11H,3-6H2,1-2H3,(H2,18,19,21,22)/b20-14-. The molecule has 0 aromatic heterocycles. The summed E-state index contributed by atoms with van der Waals surface area (Å²) >= 11 is 6.04. The maximum absolute atomic E-state index is 12.4. The van der Waals surface area contributed by atoms with Crippen LogP contribution in [0.2, 0.25) is 5.02 Å². The molecule has 0 heterocycles. The number of carbonyl (C=O) groups excluding carboxylic acids is 2. The number of oxime groups is 1. The van der Waals surface area contributed by atoms with Gasteiger partial charge >= 0.3 is 6.03 Å². The van der Waals surface area contributed by atoms with E-state index in [1.54, 1.807) is 0 Å². The van der Waals surface area contributed by atoms with Crippen LogP contribution < -0.4 is 10.6 Å². The van der Waals surface area contributed by atoms with Crippen molar-refractivity contribution in [3.63, 3.8) is 0 Å². The normalized spacial score (nSPS) is 15.6. The topological polar surface area (TPSA) is 114 Å². The second-order valence-corrected chi connectivity index (χ2v) is 8.29. The third kappa shape index (κ3) is 5.18. The minimum absolute atomic E-state index is 0.0497. The Morgan fingerprint density at radius 3 is 2.46 bits per heavy atom. The maximum Gasteiger partial charge on any atom is 0.321 e. The fourth-order valence-corrected chi connectivity index (χ4v) is 3.85. The average molecular weight is 402 g/mol. The molecular weight excluding hydrogens is 382 g/mol. The van der Waals surface area contributed by atoms with Gasteiger partial charge in [-0.15, -0.1) is 0 Å². The molecule has 1 aliphatic rings. The van der Waals surface area contributed by atoms with Crippen LogP contribution >= 0.6 is 11.6 Å². The van der Waals surface area contributed by atoms with Crippen molar-refractivity contribution in [3.05, 3.63) is 28.8 Å². The van der Waals surface area contributed by atoms with Crippen molar-refractivity contribution in [2.45, 2.75) is 36.7 Å². The summed E-state index contributed by atoms with van der Waals surface area (Å²) in [5, 5.41) is 8.24. The zero-order valence-electron chi connectivity index (χ0n) is 14.4. The molecule has 0 radical (unpaired) electrons. The third-order valence-corrected chi connectivity index (χ3v) is 5.45. The van der Waals surface area contributed by atoms with E-state index >= 15 is 0 Å². The van der Waals surface area contributed by atoms with Gasteiger partial charge in [0.05, 0.1) is 9.92 Å². The van der Waals surface area contributed by atoms with E-state index in [1.165, 1.54) is 25.2 Å². The van der Waals surface area contributed by atoms with Gasteiger partial charge in [0.2, 0.25) is 0 Å². The summed E-state index contributed by atoms with van der Waals surface area (Å²) in [5.41, 5.74) is 0.0734. The van der Waals surface area contributed by atoms with Gasteiger partial charge in [0.25, 0.3) is 5.91 Å². The highest BCUT2D eigenvalue weighted by Gasteiger charge is 2.22. The Kier molecular flexibility index (Phi) is 6.60. The number of nitrogens with one attached hydrogen (secondary N) is 2. The van der Waals surface area contributed by atoms with Crippen molar-refractivity contribution < 1.29 is 22.8 Å². The number of nitrogens with zero attached hydrogens (tertiary/aromatic N) is 1. The second-order valence-electron chi connectivity index (χ2n) is 5.90. The van der Waals surface area contributed by atoms with Crippen LogP contribution in [0.1, 0.15) is 31.2 Å². The molecule has 0 saturated heterocycles. The van der Waals surface area contributed by atoms with Gasteiger partial charge in [0.15, 0.2) is 15.5 Å². The summed E-state index contributed by atoms with van der Waals surface area (Å²) < 4.78 is 23.4. The van der Waals surface area contributed by atoms with Gasteiger partial charge in [-0.3, -0.25) is 10.1 Å². The van der Waals surface area contributed by atoms with E-state index in [9.17, 15) is 18.0 Å². The molecule has 2 N–H and O–H groups in total. The van der Waals surface area contributed by atoms with Gasteiger partial charge in [0.1, 0.15) is 6.10 Å². The molecule has 10 heteroatoms. The molecule has 0 spiro atoms. The lowest BCUT2D eigenvalue weighted by Crippen LogP contribution is -2.41. The fraction of sp³-hybridized carbons (Fsp3) is 0.438. The van der Waals surface area contributed by atoms with Crippen LogP contribution in [-0.4, -0.2) is 45.5 Å². The Hall–Kier alpha value is -2.13. The lowest BCUT2D eigenvalue weighted by Gasteiger charge is -2.11. The SMILES string of the molecule is CNC(=O)NC(=O)/C(=N\OC1CCCC1)c1ccc(S(C)(=O)=O)c(Cl)c1. The van der Waals surface area contributed by atoms with Crippen LogP contribution in [0, 0.1) is 0 Å². The van der Waals surface area contributed by atoms with Crippen LogP contribution in [0.5, 0.6) is 0 Å². The van der Waals surface area contributed by atoms with Crippen LogP contribution in [0.4, 0.5) is 4.79 Å². The molecule has 3 amide bonds. The van der Waals surface area contributed by atoms with Crippen LogP contribution in [0.15, 0.2) is 28.3 Å². The number of amides is 3. The van der Waals surface area contributed by atoms with Crippen molar-refractivity contribution >= 4 is 39.1 Å². The molecule has 0 unspecified atom stereocenters. The van der Waals surface area contributed by atoms with E-state index < -0.39 is 21.8 Å². The van der Waals surface area contributed by atoms with Gasteiger partial charge in [-0.1, -0.05) is 22.8 Å². The van der Waals surface area contributed by atoms with E-state index in [-0.39, 0.29) is 27.3 Å². The number of sulfone groups is 1. The van der Waals surface area contributed by atoms with Crippen molar-refractivity contribution in [3.8, 4) is 0 Å². The summed E-state index contributed by atoms with van der Waals surface area (Å²) in [4.78, 5) is 29.2. The number of rotatable bonds is 5. The smallest absolute Gasteiger partial charge is 0.321 e. The van der Waals surface area contributed by atoms with E-state index in [2.05, 4.69) is 15.8 Å². The maximum atomic E-state index is 12.4. The molecular formula is C16H20ClN3O5S. The Morgan fingerprint density at radius 2 is 1.92 bits per heavy atom. The fourth-order valence-electron chi connectivity index (χ4n) is 2.52. The Labute approximate surface area is 156 Å². The first-order chi connectivity index (χ1) is 12.2. The van der Waals surface area contributed by atoms with Crippen LogP contribution in [-0.2, 0) is 19.5 Å². The van der Waals surface area contributed by atoms with Crippen molar-refractivity contribution in [1.29, 1.82) is 0 Å². The Morgan fingerprint density at radius 1 is 1.27 bits per heavy atom. The lowest BCUT2D eigenvalue weighted by molar-refractivity contribution is -0.114. The first-order valence-electron chi connectivity index (χ1n) is 7.99. The number of urea groups is 1. The minimum Gasteiger partial charge on any atom is -0.392 e. The largest absolute Gasteiger partial charge is 0.392 e. The first kappa shape index (κ1) is 20.2. The molecule has 2 rings (SSSR count). The molecule has 8 nitrogen and oxygen atoms in total. The molecule has 0 aliphatic heterocycles. The van der Waals surface area contributed by atoms with Crippen LogP contribution in [0.25, 0.3) is 0 Å². The Balaban J connectivity index is 2.35. The highest BCUT2D eigenvalue weighted by Crippen LogP contribution is 2.24. The number of hydrogen-bond donors (Lipinski definition) is 2. The molecule has 1 aromatic carbocycles. The van der Waals surface area contributed by atoms with Crippen molar-refractivity contribution in [2.75, 3.05) is 13.3 Å². The van der Waals surface area contributed by atoms with E-state index in [0.29, 0.717) is 0 Å². The predicted octanol–water partition coefficient (Wildman–Crippen LogP) is 1.86. The molecule has 1 aromatic rings. The predicted molar refractivity (Wildman–Crippen MR) is 97.0 cm³/mol. The molecule has 0 bridgehead atoms. The summed E-state index contributed by atoms with van der Waals surface area (Å²) in [7, 11) is -2.14. The van der Waals surface area contributed by atoms with Crippen molar-refractivity contribution in [1.82, 2.24) is 10.6 Å². The highest BCUT2D eigenvalue weighted by atomic mass is 35.5. The number of hydrogen-bond acceptors (Lipinski definition) is 6. The third-order valence-electron chi connectivity index (χ3n) is 3.87. The first-order valence-corrected chi connectivity index (χ1v) is 10.3. The van der Waals surface area contributed by atoms with Crippen LogP contribution in [0.3, 0.4) is 0 Å². The molecule has 0 atom stereocenters. The zero-order valence-corrected chi connectivity index (χ0v) is 16.0. The molecule has 1 aliphatic carbocycles. The number of halogens is 1. The highest BCUT2D eigenvalue weighted by molar-refractivity contribution is 7.90. The van der Waals surface area contributed by atoms with Gasteiger partial charge in [-0.2, -0.15) is 0 Å². The van der Waals surface area contributed by atoms with Gasteiger partial charge in [-0.25, -0.2) is 13.2 Å². The number of benzene rings is 1. The van der Waals surface area contributed by atoms with Crippen molar-refractivity contribution in [2.24, 2.45) is 5.16 Å². The van der Waals surface area contributed by atoms with E-state index in [1.807, 2.05) is 0 Å². The minimum atomic E-state index is -3.51.